The molecule has 22 heavy (non-hydrogen) atoms. The Morgan fingerprint density at radius 1 is 1.27 bits per heavy atom. The molecule has 0 aliphatic rings. The predicted octanol–water partition coefficient (Wildman–Crippen LogP) is 2.84. The molecular weight excluding hydrogens is 302 g/mol. The Kier molecular flexibility index (Phi) is 7.41. The zero-order valence-corrected chi connectivity index (χ0v) is 14.0. The number of amides is 1. The minimum absolute atomic E-state index is 0.0189. The highest BCUT2D eigenvalue weighted by molar-refractivity contribution is 8.14. The molecule has 0 unspecified atom stereocenters. The zero-order valence-electron chi connectivity index (χ0n) is 13.2. The summed E-state index contributed by atoms with van der Waals surface area (Å²) in [6, 6.07) is 8.58. The van der Waals surface area contributed by atoms with E-state index in [2.05, 4.69) is 5.32 Å². The van der Waals surface area contributed by atoms with Crippen LogP contribution in [0.15, 0.2) is 30.3 Å². The molecule has 5 nitrogen and oxygen atoms in total. The maximum absolute atomic E-state index is 11.9. The van der Waals surface area contributed by atoms with E-state index in [1.54, 1.807) is 32.9 Å². The maximum atomic E-state index is 11.9. The van der Waals surface area contributed by atoms with Crippen LogP contribution in [0.3, 0.4) is 0 Å². The normalized spacial score (nSPS) is 12.5. The third-order valence-electron chi connectivity index (χ3n) is 2.65. The summed E-state index contributed by atoms with van der Waals surface area (Å²) in [6.07, 6.45) is -0.0788. The fourth-order valence-electron chi connectivity index (χ4n) is 1.63. The minimum atomic E-state index is -0.581. The quantitative estimate of drug-likeness (QED) is 0.841. The van der Waals surface area contributed by atoms with E-state index in [1.165, 1.54) is 11.8 Å². The average Bonchev–Trinajstić information content (AvgIpc) is 2.45. The van der Waals surface area contributed by atoms with Gasteiger partial charge in [-0.25, -0.2) is 4.79 Å². The number of carbonyl (C=O) groups excluding carboxylic acids is 2. The van der Waals surface area contributed by atoms with E-state index in [9.17, 15) is 14.7 Å². The van der Waals surface area contributed by atoms with E-state index in [4.69, 9.17) is 4.74 Å². The third-order valence-corrected chi connectivity index (χ3v) is 3.59. The number of benzene rings is 1. The van der Waals surface area contributed by atoms with E-state index < -0.39 is 17.7 Å². The molecular formula is C16H23NO4S. The Morgan fingerprint density at radius 3 is 2.45 bits per heavy atom. The Labute approximate surface area is 135 Å². The van der Waals surface area contributed by atoms with Crippen molar-refractivity contribution in [1.29, 1.82) is 0 Å². The van der Waals surface area contributed by atoms with Gasteiger partial charge < -0.3 is 15.2 Å². The smallest absolute Gasteiger partial charge is 0.407 e. The van der Waals surface area contributed by atoms with Crippen LogP contribution in [0.2, 0.25) is 0 Å². The first kappa shape index (κ1) is 18.5. The molecule has 0 heterocycles. The summed E-state index contributed by atoms with van der Waals surface area (Å²) < 4.78 is 5.13. The van der Waals surface area contributed by atoms with Crippen molar-refractivity contribution in [2.24, 2.45) is 0 Å². The van der Waals surface area contributed by atoms with Crippen molar-refractivity contribution in [3.05, 3.63) is 35.9 Å². The molecule has 0 fully saturated rings. The molecule has 0 saturated carbocycles. The predicted molar refractivity (Wildman–Crippen MR) is 88.1 cm³/mol. The molecule has 6 heteroatoms. The number of hydrogen-bond donors (Lipinski definition) is 2. The van der Waals surface area contributed by atoms with E-state index in [-0.39, 0.29) is 11.7 Å². The third kappa shape index (κ3) is 7.47. The Morgan fingerprint density at radius 2 is 1.91 bits per heavy atom. The fourth-order valence-corrected chi connectivity index (χ4v) is 2.53. The molecule has 122 valence electrons. The lowest BCUT2D eigenvalue weighted by molar-refractivity contribution is 0.0481. The first-order valence-electron chi connectivity index (χ1n) is 7.14. The van der Waals surface area contributed by atoms with E-state index >= 15 is 0 Å². The number of ether oxygens (including phenoxy) is 1. The average molecular weight is 325 g/mol. The summed E-state index contributed by atoms with van der Waals surface area (Å²) in [5.41, 5.74) is 0.0652. The van der Waals surface area contributed by atoms with E-state index in [0.717, 1.165) is 0 Å². The van der Waals surface area contributed by atoms with E-state index in [1.807, 2.05) is 18.2 Å². The second kappa shape index (κ2) is 8.80. The minimum Gasteiger partial charge on any atom is -0.444 e. The van der Waals surface area contributed by atoms with Gasteiger partial charge in [0.05, 0.1) is 12.6 Å². The maximum Gasteiger partial charge on any atom is 0.407 e. The lowest BCUT2D eigenvalue weighted by atomic mass is 10.2. The van der Waals surface area contributed by atoms with Crippen molar-refractivity contribution in [2.45, 2.75) is 38.8 Å². The van der Waals surface area contributed by atoms with Crippen LogP contribution in [0.1, 0.15) is 37.6 Å². The van der Waals surface area contributed by atoms with Gasteiger partial charge in [0.25, 0.3) is 0 Å². The standard InChI is InChI=1S/C16H23NO4S/c1-16(2,3)21-15(20)17-13(11-18)9-10-22-14(19)12-7-5-4-6-8-12/h4-8,13,18H,9-11H2,1-3H3,(H,17,20)/t13-/m1/s1. The van der Waals surface area contributed by atoms with Gasteiger partial charge in [0.2, 0.25) is 5.12 Å². The first-order chi connectivity index (χ1) is 10.3. The van der Waals surface area contributed by atoms with Gasteiger partial charge in [0.15, 0.2) is 0 Å². The number of aliphatic hydroxyl groups is 1. The lowest BCUT2D eigenvalue weighted by Gasteiger charge is -2.22. The molecule has 0 spiro atoms. The monoisotopic (exact) mass is 325 g/mol. The second-order valence-electron chi connectivity index (χ2n) is 5.82. The number of alkyl carbamates (subject to hydrolysis) is 1. The summed E-state index contributed by atoms with van der Waals surface area (Å²) >= 11 is 1.17. The molecule has 1 aromatic carbocycles. The number of rotatable bonds is 6. The molecule has 2 N–H and O–H groups in total. The van der Waals surface area contributed by atoms with Gasteiger partial charge in [0, 0.05) is 11.3 Å². The van der Waals surface area contributed by atoms with Crippen LogP contribution in [0.4, 0.5) is 4.79 Å². The van der Waals surface area contributed by atoms with Gasteiger partial charge in [0.1, 0.15) is 5.60 Å². The van der Waals surface area contributed by atoms with Crippen molar-refractivity contribution in [3.63, 3.8) is 0 Å². The summed E-state index contributed by atoms with van der Waals surface area (Å²) in [5, 5.41) is 11.9. The summed E-state index contributed by atoms with van der Waals surface area (Å²) in [4.78, 5) is 23.5. The van der Waals surface area contributed by atoms with Crippen LogP contribution < -0.4 is 5.32 Å². The van der Waals surface area contributed by atoms with Crippen molar-refractivity contribution in [1.82, 2.24) is 5.32 Å². The number of thioether (sulfide) groups is 1. The number of aliphatic hydroxyl groups excluding tert-OH is 1. The van der Waals surface area contributed by atoms with Gasteiger partial charge in [-0.3, -0.25) is 4.79 Å². The van der Waals surface area contributed by atoms with Gasteiger partial charge in [-0.1, -0.05) is 42.1 Å². The van der Waals surface area contributed by atoms with Crippen LogP contribution in [0.5, 0.6) is 0 Å². The zero-order chi connectivity index (χ0) is 16.6. The molecule has 1 rings (SSSR count). The summed E-state index contributed by atoms with van der Waals surface area (Å²) in [7, 11) is 0. The van der Waals surface area contributed by atoms with Crippen LogP contribution in [-0.4, -0.2) is 40.3 Å². The summed E-state index contributed by atoms with van der Waals surface area (Å²) in [6.45, 7) is 5.12. The van der Waals surface area contributed by atoms with Gasteiger partial charge >= 0.3 is 6.09 Å². The summed E-state index contributed by atoms with van der Waals surface area (Å²) in [5.74, 6) is 0.509. The van der Waals surface area contributed by atoms with Crippen molar-refractivity contribution in [2.75, 3.05) is 12.4 Å². The highest BCUT2D eigenvalue weighted by atomic mass is 32.2. The molecule has 0 saturated heterocycles. The molecule has 0 aliphatic heterocycles. The van der Waals surface area contributed by atoms with Crippen molar-refractivity contribution >= 4 is 23.0 Å². The van der Waals surface area contributed by atoms with E-state index in [0.29, 0.717) is 17.7 Å². The van der Waals surface area contributed by atoms with Crippen LogP contribution in [0.25, 0.3) is 0 Å². The van der Waals surface area contributed by atoms with Crippen molar-refractivity contribution < 1.29 is 19.4 Å². The molecule has 1 amide bonds. The number of nitrogens with one attached hydrogen (secondary N) is 1. The molecule has 0 aromatic heterocycles. The van der Waals surface area contributed by atoms with Crippen LogP contribution in [0, 0.1) is 0 Å². The molecule has 1 aromatic rings. The SMILES string of the molecule is CC(C)(C)OC(=O)N[C@@H](CO)CCSC(=O)c1ccccc1. The second-order valence-corrected chi connectivity index (χ2v) is 6.88. The van der Waals surface area contributed by atoms with Gasteiger partial charge in [-0.15, -0.1) is 0 Å². The lowest BCUT2D eigenvalue weighted by Crippen LogP contribution is -2.41. The molecule has 0 bridgehead atoms. The first-order valence-corrected chi connectivity index (χ1v) is 8.13. The molecule has 1 atom stereocenters. The van der Waals surface area contributed by atoms with Gasteiger partial charge in [-0.2, -0.15) is 0 Å². The Balaban J connectivity index is 2.35. The molecule has 0 aliphatic carbocycles. The van der Waals surface area contributed by atoms with Crippen LogP contribution in [-0.2, 0) is 4.74 Å². The fraction of sp³-hybridized carbons (Fsp3) is 0.500. The Hall–Kier alpha value is -1.53. The number of hydrogen-bond acceptors (Lipinski definition) is 5. The highest BCUT2D eigenvalue weighted by Gasteiger charge is 2.19. The molecule has 0 radical (unpaired) electrons. The number of carbonyl (C=O) groups is 2. The van der Waals surface area contributed by atoms with Gasteiger partial charge in [-0.05, 0) is 27.2 Å². The topological polar surface area (TPSA) is 75.6 Å². The Bertz CT molecular complexity index is 485. The highest BCUT2D eigenvalue weighted by Crippen LogP contribution is 2.14. The van der Waals surface area contributed by atoms with Crippen molar-refractivity contribution in [3.8, 4) is 0 Å². The van der Waals surface area contributed by atoms with Crippen LogP contribution >= 0.6 is 11.8 Å². The largest absolute Gasteiger partial charge is 0.444 e.